The Labute approximate surface area is 110 Å². The molecule has 5 heteroatoms. The highest BCUT2D eigenvalue weighted by molar-refractivity contribution is 7.98. The minimum absolute atomic E-state index is 0.267. The van der Waals surface area contributed by atoms with E-state index in [2.05, 4.69) is 5.32 Å². The highest BCUT2D eigenvalue weighted by Crippen LogP contribution is 2.18. The van der Waals surface area contributed by atoms with E-state index >= 15 is 0 Å². The maximum absolute atomic E-state index is 11.8. The Bertz CT molecular complexity index is 508. The maximum Gasteiger partial charge on any atom is 0.328 e. The summed E-state index contributed by atoms with van der Waals surface area (Å²) in [6, 6.07) is 7.46. The van der Waals surface area contributed by atoms with Crippen LogP contribution in [0.1, 0.15) is 12.5 Å². The zero-order valence-corrected chi connectivity index (χ0v) is 11.1. The van der Waals surface area contributed by atoms with Crippen LogP contribution in [-0.4, -0.2) is 29.6 Å². The Kier molecular flexibility index (Phi) is 3.72. The van der Waals surface area contributed by atoms with Gasteiger partial charge in [0, 0.05) is 11.4 Å². The summed E-state index contributed by atoms with van der Waals surface area (Å²) in [5.41, 5.74) is 1.23. The third-order valence-corrected chi connectivity index (χ3v) is 3.45. The van der Waals surface area contributed by atoms with Crippen molar-refractivity contribution in [2.24, 2.45) is 0 Å². The van der Waals surface area contributed by atoms with Crippen LogP contribution in [0.4, 0.5) is 4.79 Å². The second-order valence-corrected chi connectivity index (χ2v) is 4.69. The van der Waals surface area contributed by atoms with Crippen LogP contribution in [0.5, 0.6) is 0 Å². The van der Waals surface area contributed by atoms with Gasteiger partial charge in [0.15, 0.2) is 0 Å². The van der Waals surface area contributed by atoms with E-state index in [-0.39, 0.29) is 11.9 Å². The molecule has 0 radical (unpaired) electrons. The summed E-state index contributed by atoms with van der Waals surface area (Å²) in [4.78, 5) is 25.7. The van der Waals surface area contributed by atoms with Crippen molar-refractivity contribution in [3.05, 3.63) is 35.5 Å². The lowest BCUT2D eigenvalue weighted by atomic mass is 10.2. The second kappa shape index (κ2) is 5.27. The topological polar surface area (TPSA) is 49.4 Å². The van der Waals surface area contributed by atoms with Gasteiger partial charge in [-0.15, -0.1) is 11.8 Å². The molecule has 1 aliphatic rings. The number of benzene rings is 1. The second-order valence-electron chi connectivity index (χ2n) is 3.81. The summed E-state index contributed by atoms with van der Waals surface area (Å²) in [6.45, 7) is 2.15. The van der Waals surface area contributed by atoms with Crippen molar-refractivity contribution in [1.82, 2.24) is 10.2 Å². The van der Waals surface area contributed by atoms with E-state index in [0.29, 0.717) is 12.2 Å². The lowest BCUT2D eigenvalue weighted by Gasteiger charge is -2.06. The molecular formula is C13H14N2O2S. The van der Waals surface area contributed by atoms with E-state index in [4.69, 9.17) is 0 Å². The molecule has 1 heterocycles. The van der Waals surface area contributed by atoms with Crippen LogP contribution in [-0.2, 0) is 4.79 Å². The Morgan fingerprint density at radius 3 is 2.44 bits per heavy atom. The third kappa shape index (κ3) is 2.41. The largest absolute Gasteiger partial charge is 0.328 e. The molecule has 3 amide bonds. The Balaban J connectivity index is 2.23. The zero-order chi connectivity index (χ0) is 13.1. The first-order valence-electron chi connectivity index (χ1n) is 5.64. The van der Waals surface area contributed by atoms with Gasteiger partial charge in [-0.2, -0.15) is 0 Å². The van der Waals surface area contributed by atoms with Crippen molar-refractivity contribution in [3.8, 4) is 0 Å². The van der Waals surface area contributed by atoms with Crippen LogP contribution in [0.25, 0.3) is 6.08 Å². The van der Waals surface area contributed by atoms with E-state index < -0.39 is 0 Å². The van der Waals surface area contributed by atoms with Crippen LogP contribution >= 0.6 is 11.8 Å². The summed E-state index contributed by atoms with van der Waals surface area (Å²) in [7, 11) is 0. The monoisotopic (exact) mass is 262 g/mol. The summed E-state index contributed by atoms with van der Waals surface area (Å²) < 4.78 is 0. The average molecular weight is 262 g/mol. The van der Waals surface area contributed by atoms with Gasteiger partial charge < -0.3 is 5.32 Å². The highest BCUT2D eigenvalue weighted by Gasteiger charge is 2.31. The van der Waals surface area contributed by atoms with Gasteiger partial charge in [-0.25, -0.2) is 4.79 Å². The molecule has 0 atom stereocenters. The molecule has 0 aliphatic carbocycles. The van der Waals surface area contributed by atoms with Gasteiger partial charge in [-0.1, -0.05) is 12.1 Å². The molecule has 0 unspecified atom stereocenters. The van der Waals surface area contributed by atoms with Crippen molar-refractivity contribution in [2.75, 3.05) is 12.8 Å². The number of thioether (sulfide) groups is 1. The molecule has 18 heavy (non-hydrogen) atoms. The number of nitrogens with zero attached hydrogens (tertiary/aromatic N) is 1. The fourth-order valence-corrected chi connectivity index (χ4v) is 2.13. The first kappa shape index (κ1) is 12.7. The molecule has 2 rings (SSSR count). The van der Waals surface area contributed by atoms with E-state index in [9.17, 15) is 9.59 Å². The minimum atomic E-state index is -0.352. The van der Waals surface area contributed by atoms with Crippen molar-refractivity contribution < 1.29 is 9.59 Å². The third-order valence-electron chi connectivity index (χ3n) is 2.71. The normalized spacial score (nSPS) is 17.4. The van der Waals surface area contributed by atoms with Crippen LogP contribution in [0.15, 0.2) is 34.9 Å². The summed E-state index contributed by atoms with van der Waals surface area (Å²) >= 11 is 1.66. The molecule has 0 bridgehead atoms. The van der Waals surface area contributed by atoms with Gasteiger partial charge in [0.25, 0.3) is 5.91 Å². The molecule has 1 fully saturated rings. The molecule has 4 nitrogen and oxygen atoms in total. The van der Waals surface area contributed by atoms with Crippen molar-refractivity contribution in [1.29, 1.82) is 0 Å². The number of likely N-dealkylation sites (N-methyl/N-ethyl adjacent to an activating group) is 1. The SMILES string of the molecule is CCN1C(=O)NC(=Cc2ccc(SC)cc2)C1=O. The fourth-order valence-electron chi connectivity index (χ4n) is 1.73. The van der Waals surface area contributed by atoms with E-state index in [0.717, 1.165) is 10.5 Å². The van der Waals surface area contributed by atoms with Gasteiger partial charge in [0.1, 0.15) is 5.70 Å². The predicted molar refractivity (Wildman–Crippen MR) is 72.1 cm³/mol. The number of hydrogen-bond acceptors (Lipinski definition) is 3. The van der Waals surface area contributed by atoms with Gasteiger partial charge in [0.05, 0.1) is 0 Å². The summed E-state index contributed by atoms with van der Waals surface area (Å²) in [6.07, 6.45) is 3.70. The summed E-state index contributed by atoms with van der Waals surface area (Å²) in [5.74, 6) is -0.267. The molecule has 0 saturated carbocycles. The lowest BCUT2D eigenvalue weighted by Crippen LogP contribution is -2.30. The number of carbonyl (C=O) groups excluding carboxylic acids is 2. The number of urea groups is 1. The highest BCUT2D eigenvalue weighted by atomic mass is 32.2. The Hall–Kier alpha value is -1.75. The average Bonchev–Trinajstić information content (AvgIpc) is 2.65. The van der Waals surface area contributed by atoms with Gasteiger partial charge in [-0.05, 0) is 37.0 Å². The molecule has 0 spiro atoms. The molecule has 0 aromatic heterocycles. The zero-order valence-electron chi connectivity index (χ0n) is 10.3. The number of hydrogen-bond donors (Lipinski definition) is 1. The van der Waals surface area contributed by atoms with Crippen LogP contribution < -0.4 is 5.32 Å². The summed E-state index contributed by atoms with van der Waals surface area (Å²) in [5, 5.41) is 2.58. The molecule has 1 aliphatic heterocycles. The van der Waals surface area contributed by atoms with Crippen molar-refractivity contribution >= 4 is 29.8 Å². The Morgan fingerprint density at radius 2 is 1.94 bits per heavy atom. The maximum atomic E-state index is 11.8. The molecule has 1 saturated heterocycles. The number of rotatable bonds is 3. The molecular weight excluding hydrogens is 248 g/mol. The van der Waals surface area contributed by atoms with Crippen LogP contribution in [0.2, 0.25) is 0 Å². The molecule has 1 N–H and O–H groups in total. The molecule has 1 aromatic rings. The molecule has 1 aromatic carbocycles. The number of amides is 3. The number of imide groups is 1. The first-order chi connectivity index (χ1) is 8.65. The minimum Gasteiger partial charge on any atom is -0.303 e. The first-order valence-corrected chi connectivity index (χ1v) is 6.86. The standard InChI is InChI=1S/C13H14N2O2S/c1-3-15-12(16)11(14-13(15)17)8-9-4-6-10(18-2)7-5-9/h4-8H,3H2,1-2H3,(H,14,17). The number of carbonyl (C=O) groups is 2. The van der Waals surface area contributed by atoms with Crippen molar-refractivity contribution in [3.63, 3.8) is 0 Å². The predicted octanol–water partition coefficient (Wildman–Crippen LogP) is 2.32. The quantitative estimate of drug-likeness (QED) is 0.516. The molecule has 94 valence electrons. The van der Waals surface area contributed by atoms with E-state index in [1.54, 1.807) is 24.8 Å². The van der Waals surface area contributed by atoms with Crippen LogP contribution in [0.3, 0.4) is 0 Å². The van der Waals surface area contributed by atoms with Gasteiger partial charge in [0.2, 0.25) is 0 Å². The smallest absolute Gasteiger partial charge is 0.303 e. The van der Waals surface area contributed by atoms with Gasteiger partial charge in [-0.3, -0.25) is 9.69 Å². The lowest BCUT2D eigenvalue weighted by molar-refractivity contribution is -0.122. The number of nitrogens with one attached hydrogen (secondary N) is 1. The van der Waals surface area contributed by atoms with E-state index in [1.165, 1.54) is 4.90 Å². The Morgan fingerprint density at radius 1 is 1.28 bits per heavy atom. The van der Waals surface area contributed by atoms with Crippen molar-refractivity contribution in [2.45, 2.75) is 11.8 Å². The fraction of sp³-hybridized carbons (Fsp3) is 0.231. The van der Waals surface area contributed by atoms with Gasteiger partial charge >= 0.3 is 6.03 Å². The van der Waals surface area contributed by atoms with Crippen LogP contribution in [0, 0.1) is 0 Å². The van der Waals surface area contributed by atoms with E-state index in [1.807, 2.05) is 30.5 Å².